The predicted molar refractivity (Wildman–Crippen MR) is 132 cm³/mol. The molecular formula is C28H28N2O3. The molecule has 33 heavy (non-hydrogen) atoms. The van der Waals surface area contributed by atoms with Crippen molar-refractivity contribution in [2.24, 2.45) is 0 Å². The summed E-state index contributed by atoms with van der Waals surface area (Å²) in [7, 11) is 0. The van der Waals surface area contributed by atoms with Crippen LogP contribution in [-0.4, -0.2) is 18.4 Å². The number of imide groups is 1. The molecule has 1 heterocycles. The lowest BCUT2D eigenvalue weighted by Gasteiger charge is -2.16. The second-order valence-corrected chi connectivity index (χ2v) is 8.05. The molecule has 1 N–H and O–H groups in total. The molecule has 0 radical (unpaired) electrons. The van der Waals surface area contributed by atoms with E-state index in [2.05, 4.69) is 12.2 Å². The molecular weight excluding hydrogens is 412 g/mol. The highest BCUT2D eigenvalue weighted by atomic mass is 16.5. The van der Waals surface area contributed by atoms with E-state index in [0.29, 0.717) is 23.4 Å². The van der Waals surface area contributed by atoms with Crippen LogP contribution in [0.4, 0.5) is 11.4 Å². The fraction of sp³-hybridized carbons (Fsp3) is 0.214. The number of amides is 2. The molecule has 0 unspecified atom stereocenters. The lowest BCUT2D eigenvalue weighted by atomic mass is 10.0. The smallest absolute Gasteiger partial charge is 0.282 e. The number of nitrogens with one attached hydrogen (secondary N) is 1. The fourth-order valence-electron chi connectivity index (χ4n) is 3.93. The van der Waals surface area contributed by atoms with E-state index in [0.717, 1.165) is 34.5 Å². The lowest BCUT2D eigenvalue weighted by molar-refractivity contribution is -0.120. The standard InChI is InChI=1S/C28H28N2O3/c1-5-20-10-14-22(15-11-20)30-27(31)25(21-12-16-23(17-13-21)33-6-2)26(28(30)32)29-24-9-7-8-18(3)19(24)4/h7-17,29H,5-6H2,1-4H3. The minimum absolute atomic E-state index is 0.275. The van der Waals surface area contributed by atoms with E-state index in [9.17, 15) is 9.59 Å². The number of hydrogen-bond acceptors (Lipinski definition) is 4. The van der Waals surface area contributed by atoms with Gasteiger partial charge in [0.1, 0.15) is 11.4 Å². The molecule has 3 aromatic rings. The molecule has 5 heteroatoms. The van der Waals surface area contributed by atoms with E-state index in [4.69, 9.17) is 4.74 Å². The van der Waals surface area contributed by atoms with Gasteiger partial charge in [-0.1, -0.05) is 43.3 Å². The first-order valence-electron chi connectivity index (χ1n) is 11.2. The van der Waals surface area contributed by atoms with Gasteiger partial charge in [-0.2, -0.15) is 0 Å². The Bertz CT molecular complexity index is 1230. The van der Waals surface area contributed by atoms with Gasteiger partial charge in [0.15, 0.2) is 0 Å². The van der Waals surface area contributed by atoms with Gasteiger partial charge in [-0.25, -0.2) is 4.90 Å². The van der Waals surface area contributed by atoms with Crippen LogP contribution < -0.4 is 15.0 Å². The Morgan fingerprint density at radius 3 is 2.18 bits per heavy atom. The van der Waals surface area contributed by atoms with Gasteiger partial charge >= 0.3 is 0 Å². The molecule has 0 bridgehead atoms. The summed E-state index contributed by atoms with van der Waals surface area (Å²) >= 11 is 0. The van der Waals surface area contributed by atoms with Crippen molar-refractivity contribution >= 4 is 28.8 Å². The summed E-state index contributed by atoms with van der Waals surface area (Å²) in [5, 5.41) is 3.28. The van der Waals surface area contributed by atoms with Crippen molar-refractivity contribution in [2.75, 3.05) is 16.8 Å². The zero-order chi connectivity index (χ0) is 23.5. The number of carbonyl (C=O) groups excluding carboxylic acids is 2. The summed E-state index contributed by atoms with van der Waals surface area (Å²) in [4.78, 5) is 28.4. The number of benzene rings is 3. The van der Waals surface area contributed by atoms with Crippen LogP contribution in [0.5, 0.6) is 5.75 Å². The number of hydrogen-bond donors (Lipinski definition) is 1. The van der Waals surface area contributed by atoms with Crippen LogP contribution in [0.2, 0.25) is 0 Å². The van der Waals surface area contributed by atoms with E-state index in [-0.39, 0.29) is 17.5 Å². The van der Waals surface area contributed by atoms with Gasteiger partial charge in [-0.05, 0) is 79.8 Å². The molecule has 3 aromatic carbocycles. The van der Waals surface area contributed by atoms with Crippen LogP contribution in [0.3, 0.4) is 0 Å². The van der Waals surface area contributed by atoms with Crippen LogP contribution in [0, 0.1) is 13.8 Å². The average Bonchev–Trinajstić information content (AvgIpc) is 3.07. The minimum Gasteiger partial charge on any atom is -0.494 e. The summed E-state index contributed by atoms with van der Waals surface area (Å²) in [6, 6.07) is 20.7. The summed E-state index contributed by atoms with van der Waals surface area (Å²) in [5.41, 5.74) is 5.93. The minimum atomic E-state index is -0.367. The number of carbonyl (C=O) groups is 2. The SMILES string of the molecule is CCOc1ccc(C2=C(Nc3cccc(C)c3C)C(=O)N(c3ccc(CC)cc3)C2=O)cc1. The third-order valence-corrected chi connectivity index (χ3v) is 6.00. The monoisotopic (exact) mass is 440 g/mol. The Morgan fingerprint density at radius 1 is 0.848 bits per heavy atom. The molecule has 0 atom stereocenters. The summed E-state index contributed by atoms with van der Waals surface area (Å²) in [6.07, 6.45) is 0.886. The molecule has 0 fully saturated rings. The normalized spacial score (nSPS) is 13.6. The Kier molecular flexibility index (Phi) is 6.31. The first-order valence-corrected chi connectivity index (χ1v) is 11.2. The molecule has 2 amide bonds. The number of rotatable bonds is 7. The third kappa shape index (κ3) is 4.27. The van der Waals surface area contributed by atoms with Crippen LogP contribution >= 0.6 is 0 Å². The summed E-state index contributed by atoms with van der Waals surface area (Å²) < 4.78 is 5.54. The van der Waals surface area contributed by atoms with Gasteiger partial charge in [0, 0.05) is 5.69 Å². The highest BCUT2D eigenvalue weighted by Crippen LogP contribution is 2.35. The van der Waals surface area contributed by atoms with Crippen LogP contribution in [0.15, 0.2) is 72.4 Å². The van der Waals surface area contributed by atoms with Gasteiger partial charge in [-0.15, -0.1) is 0 Å². The second-order valence-electron chi connectivity index (χ2n) is 8.05. The van der Waals surface area contributed by atoms with Crippen molar-refractivity contribution in [3.8, 4) is 5.75 Å². The molecule has 0 aromatic heterocycles. The summed E-state index contributed by atoms with van der Waals surface area (Å²) in [5.74, 6) is 0.00456. The Balaban J connectivity index is 1.80. The molecule has 0 saturated heterocycles. The molecule has 0 spiro atoms. The highest BCUT2D eigenvalue weighted by molar-refractivity contribution is 6.46. The van der Waals surface area contributed by atoms with Crippen molar-refractivity contribution in [2.45, 2.75) is 34.1 Å². The summed E-state index contributed by atoms with van der Waals surface area (Å²) in [6.45, 7) is 8.56. The molecule has 1 aliphatic heterocycles. The largest absolute Gasteiger partial charge is 0.494 e. The maximum absolute atomic E-state index is 13.6. The Morgan fingerprint density at radius 2 is 1.55 bits per heavy atom. The van der Waals surface area contributed by atoms with Crippen molar-refractivity contribution in [3.05, 3.63) is 94.7 Å². The number of ether oxygens (including phenoxy) is 1. The molecule has 5 nitrogen and oxygen atoms in total. The number of nitrogens with zero attached hydrogens (tertiary/aromatic N) is 1. The molecule has 1 aliphatic rings. The van der Waals surface area contributed by atoms with Gasteiger partial charge in [0.25, 0.3) is 11.8 Å². The average molecular weight is 441 g/mol. The highest BCUT2D eigenvalue weighted by Gasteiger charge is 2.40. The third-order valence-electron chi connectivity index (χ3n) is 6.00. The van der Waals surface area contributed by atoms with Crippen LogP contribution in [0.1, 0.15) is 36.1 Å². The first kappa shape index (κ1) is 22.3. The predicted octanol–water partition coefficient (Wildman–Crippen LogP) is 5.66. The number of anilines is 2. The lowest BCUT2D eigenvalue weighted by Crippen LogP contribution is -2.32. The second kappa shape index (κ2) is 9.33. The van der Waals surface area contributed by atoms with Crippen molar-refractivity contribution in [1.29, 1.82) is 0 Å². The first-order chi connectivity index (χ1) is 15.9. The fourth-order valence-corrected chi connectivity index (χ4v) is 3.93. The Labute approximate surface area is 194 Å². The molecule has 0 saturated carbocycles. The zero-order valence-electron chi connectivity index (χ0n) is 19.4. The number of aryl methyl sites for hydroxylation is 2. The van der Waals surface area contributed by atoms with Crippen LogP contribution in [-0.2, 0) is 16.0 Å². The topological polar surface area (TPSA) is 58.6 Å². The van der Waals surface area contributed by atoms with Gasteiger partial charge < -0.3 is 10.1 Å². The molecule has 168 valence electrons. The molecule has 0 aliphatic carbocycles. The van der Waals surface area contributed by atoms with Crippen molar-refractivity contribution in [1.82, 2.24) is 0 Å². The van der Waals surface area contributed by atoms with E-state index in [1.54, 1.807) is 0 Å². The Hall–Kier alpha value is -3.86. The van der Waals surface area contributed by atoms with Gasteiger partial charge in [-0.3, -0.25) is 9.59 Å². The van der Waals surface area contributed by atoms with Gasteiger partial charge in [0.05, 0.1) is 17.9 Å². The van der Waals surface area contributed by atoms with Gasteiger partial charge in [0.2, 0.25) is 0 Å². The van der Waals surface area contributed by atoms with E-state index < -0.39 is 0 Å². The quantitative estimate of drug-likeness (QED) is 0.482. The van der Waals surface area contributed by atoms with Crippen molar-refractivity contribution < 1.29 is 14.3 Å². The van der Waals surface area contributed by atoms with E-state index in [1.165, 1.54) is 4.90 Å². The maximum atomic E-state index is 13.6. The van der Waals surface area contributed by atoms with E-state index >= 15 is 0 Å². The zero-order valence-corrected chi connectivity index (χ0v) is 19.4. The maximum Gasteiger partial charge on any atom is 0.282 e. The van der Waals surface area contributed by atoms with Crippen LogP contribution in [0.25, 0.3) is 5.57 Å². The molecule has 4 rings (SSSR count). The van der Waals surface area contributed by atoms with Crippen molar-refractivity contribution in [3.63, 3.8) is 0 Å². The van der Waals surface area contributed by atoms with E-state index in [1.807, 2.05) is 87.5 Å².